The van der Waals surface area contributed by atoms with Gasteiger partial charge in [-0.25, -0.2) is 4.99 Å². The van der Waals surface area contributed by atoms with E-state index in [9.17, 15) is 0 Å². The summed E-state index contributed by atoms with van der Waals surface area (Å²) < 4.78 is 13.4. The van der Waals surface area contributed by atoms with Crippen molar-refractivity contribution in [3.8, 4) is 5.75 Å². The first-order valence-corrected chi connectivity index (χ1v) is 11.2. The van der Waals surface area contributed by atoms with Crippen molar-refractivity contribution >= 4 is 29.9 Å². The number of aromatic nitrogens is 3. The molecule has 2 heterocycles. The molecule has 1 aromatic heterocycles. The molecule has 9 heteroatoms. The number of halogens is 1. The van der Waals surface area contributed by atoms with Gasteiger partial charge in [-0.3, -0.25) is 0 Å². The van der Waals surface area contributed by atoms with Gasteiger partial charge in [-0.2, -0.15) is 0 Å². The van der Waals surface area contributed by atoms with E-state index in [1.807, 2.05) is 42.8 Å². The molecule has 1 aliphatic rings. The average Bonchev–Trinajstić information content (AvgIpc) is 3.17. The molecule has 0 radical (unpaired) electrons. The number of morpholine rings is 1. The lowest BCUT2D eigenvalue weighted by Gasteiger charge is -2.36. The molecule has 0 saturated carbocycles. The van der Waals surface area contributed by atoms with Gasteiger partial charge in [0.05, 0.1) is 33.4 Å². The maximum Gasteiger partial charge on any atom is 0.194 e. The maximum absolute atomic E-state index is 6.13. The van der Waals surface area contributed by atoms with Crippen LogP contribution in [0.25, 0.3) is 0 Å². The quantitative estimate of drug-likeness (QED) is 0.274. The molecular formula is C25H33IN6O2. The van der Waals surface area contributed by atoms with Crippen LogP contribution in [0.3, 0.4) is 0 Å². The van der Waals surface area contributed by atoms with Gasteiger partial charge in [0, 0.05) is 13.6 Å². The van der Waals surface area contributed by atoms with Gasteiger partial charge in [0.15, 0.2) is 11.8 Å². The van der Waals surface area contributed by atoms with Crippen LogP contribution < -0.4 is 10.1 Å². The second-order valence-corrected chi connectivity index (χ2v) is 8.23. The Balaban J connectivity index is 0.00000324. The first kappa shape index (κ1) is 26.0. The number of aliphatic imine (C=N–C) groups is 1. The van der Waals surface area contributed by atoms with Crippen molar-refractivity contribution in [1.29, 1.82) is 0 Å². The first-order chi connectivity index (χ1) is 16.0. The Bertz CT molecular complexity index is 1100. The number of hydrogen-bond donors (Lipinski definition) is 1. The molecule has 2 aromatic carbocycles. The van der Waals surface area contributed by atoms with E-state index in [0.717, 1.165) is 42.0 Å². The number of ether oxygens (including phenoxy) is 2. The minimum Gasteiger partial charge on any atom is -0.497 e. The standard InChI is InChI=1S/C25H32N6O2.HI/c1-18-7-5-6-8-22(18)23-17-31(13-14-33-23)25(27-16-24-29-28-19(2)30(24)3)26-15-20-9-11-21(32-4)12-10-20;/h5-12,23H,13-17H2,1-4H3,(H,26,27);1H. The minimum atomic E-state index is 0. The van der Waals surface area contributed by atoms with E-state index < -0.39 is 0 Å². The monoisotopic (exact) mass is 576 g/mol. The Morgan fingerprint density at radius 1 is 1.15 bits per heavy atom. The summed E-state index contributed by atoms with van der Waals surface area (Å²) in [6, 6.07) is 16.4. The van der Waals surface area contributed by atoms with Crippen LogP contribution in [0, 0.1) is 13.8 Å². The molecule has 34 heavy (non-hydrogen) atoms. The molecule has 0 spiro atoms. The zero-order valence-electron chi connectivity index (χ0n) is 20.2. The summed E-state index contributed by atoms with van der Waals surface area (Å²) in [5, 5.41) is 12.0. The molecule has 3 aromatic rings. The summed E-state index contributed by atoms with van der Waals surface area (Å²) in [6.07, 6.45) is 0.00464. The topological polar surface area (TPSA) is 76.8 Å². The molecule has 1 N–H and O–H groups in total. The lowest BCUT2D eigenvalue weighted by Crippen LogP contribution is -2.48. The Morgan fingerprint density at radius 2 is 1.91 bits per heavy atom. The van der Waals surface area contributed by atoms with Gasteiger partial charge in [0.1, 0.15) is 17.7 Å². The fraction of sp³-hybridized carbons (Fsp3) is 0.400. The van der Waals surface area contributed by atoms with Crippen molar-refractivity contribution in [3.05, 3.63) is 76.9 Å². The van der Waals surface area contributed by atoms with Crippen LogP contribution in [0.15, 0.2) is 53.5 Å². The molecule has 182 valence electrons. The third-order valence-corrected chi connectivity index (χ3v) is 6.06. The van der Waals surface area contributed by atoms with Crippen LogP contribution in [-0.2, 0) is 24.9 Å². The first-order valence-electron chi connectivity index (χ1n) is 11.2. The van der Waals surface area contributed by atoms with Crippen molar-refractivity contribution in [2.75, 3.05) is 26.8 Å². The fourth-order valence-corrected chi connectivity index (χ4v) is 3.91. The summed E-state index contributed by atoms with van der Waals surface area (Å²) in [5.41, 5.74) is 3.58. The van der Waals surface area contributed by atoms with Crippen molar-refractivity contribution < 1.29 is 9.47 Å². The third-order valence-electron chi connectivity index (χ3n) is 6.06. The van der Waals surface area contributed by atoms with Gasteiger partial charge in [0.2, 0.25) is 0 Å². The SMILES string of the molecule is COc1ccc(CN=C(NCc2nnc(C)n2C)N2CCOC(c3ccccc3C)C2)cc1.I. The van der Waals surface area contributed by atoms with Crippen molar-refractivity contribution in [3.63, 3.8) is 0 Å². The van der Waals surface area contributed by atoms with Gasteiger partial charge in [-0.1, -0.05) is 36.4 Å². The number of guanidine groups is 1. The Kier molecular flexibility index (Phi) is 9.28. The fourth-order valence-electron chi connectivity index (χ4n) is 3.91. The Labute approximate surface area is 218 Å². The van der Waals surface area contributed by atoms with Crippen LogP contribution in [0.2, 0.25) is 0 Å². The Hall–Kier alpha value is -2.66. The molecule has 1 unspecified atom stereocenters. The third kappa shape index (κ3) is 6.26. The largest absolute Gasteiger partial charge is 0.497 e. The highest BCUT2D eigenvalue weighted by atomic mass is 127. The van der Waals surface area contributed by atoms with Crippen LogP contribution in [0.1, 0.15) is 34.4 Å². The summed E-state index contributed by atoms with van der Waals surface area (Å²) in [4.78, 5) is 7.22. The van der Waals surface area contributed by atoms with Crippen LogP contribution in [0.5, 0.6) is 5.75 Å². The predicted molar refractivity (Wildman–Crippen MR) is 144 cm³/mol. The lowest BCUT2D eigenvalue weighted by atomic mass is 10.0. The van der Waals surface area contributed by atoms with Crippen molar-refractivity contribution in [2.24, 2.45) is 12.0 Å². The summed E-state index contributed by atoms with van der Waals surface area (Å²) >= 11 is 0. The second kappa shape index (κ2) is 12.2. The summed E-state index contributed by atoms with van der Waals surface area (Å²) in [6.45, 7) is 7.34. The van der Waals surface area contributed by atoms with Crippen LogP contribution in [0.4, 0.5) is 0 Å². The maximum atomic E-state index is 6.13. The zero-order valence-corrected chi connectivity index (χ0v) is 22.5. The predicted octanol–water partition coefficient (Wildman–Crippen LogP) is 3.78. The normalized spacial score (nSPS) is 16.2. The molecular weight excluding hydrogens is 543 g/mol. The van der Waals surface area contributed by atoms with Crippen LogP contribution >= 0.6 is 24.0 Å². The smallest absolute Gasteiger partial charge is 0.194 e. The number of aryl methyl sites for hydroxylation is 2. The molecule has 1 saturated heterocycles. The molecule has 4 rings (SSSR count). The van der Waals surface area contributed by atoms with Crippen molar-refractivity contribution in [2.45, 2.75) is 33.0 Å². The van der Waals surface area contributed by atoms with E-state index in [1.165, 1.54) is 11.1 Å². The number of benzene rings is 2. The van der Waals surface area contributed by atoms with E-state index in [4.69, 9.17) is 14.5 Å². The number of rotatable bonds is 6. The highest BCUT2D eigenvalue weighted by Crippen LogP contribution is 2.25. The van der Waals surface area contributed by atoms with E-state index in [-0.39, 0.29) is 30.1 Å². The highest BCUT2D eigenvalue weighted by molar-refractivity contribution is 14.0. The van der Waals surface area contributed by atoms with Gasteiger partial charge >= 0.3 is 0 Å². The van der Waals surface area contributed by atoms with E-state index in [2.05, 4.69) is 51.6 Å². The molecule has 0 amide bonds. The van der Waals surface area contributed by atoms with Gasteiger partial charge in [-0.05, 0) is 42.7 Å². The molecule has 0 aliphatic carbocycles. The number of methoxy groups -OCH3 is 1. The zero-order chi connectivity index (χ0) is 23.2. The minimum absolute atomic E-state index is 0. The number of nitrogens with zero attached hydrogens (tertiary/aromatic N) is 5. The van der Waals surface area contributed by atoms with E-state index >= 15 is 0 Å². The summed E-state index contributed by atoms with van der Waals surface area (Å²) in [7, 11) is 3.65. The number of hydrogen-bond acceptors (Lipinski definition) is 5. The molecule has 1 atom stereocenters. The highest BCUT2D eigenvalue weighted by Gasteiger charge is 2.25. The van der Waals surface area contributed by atoms with Gasteiger partial charge in [0.25, 0.3) is 0 Å². The average molecular weight is 576 g/mol. The van der Waals surface area contributed by atoms with Crippen molar-refractivity contribution in [1.82, 2.24) is 25.0 Å². The second-order valence-electron chi connectivity index (χ2n) is 8.23. The molecule has 1 aliphatic heterocycles. The van der Waals surface area contributed by atoms with E-state index in [1.54, 1.807) is 7.11 Å². The van der Waals surface area contributed by atoms with Crippen LogP contribution in [-0.4, -0.2) is 52.4 Å². The van der Waals surface area contributed by atoms with Gasteiger partial charge in [-0.15, -0.1) is 34.2 Å². The molecule has 8 nitrogen and oxygen atoms in total. The molecule has 0 bridgehead atoms. The van der Waals surface area contributed by atoms with Gasteiger partial charge < -0.3 is 24.3 Å². The Morgan fingerprint density at radius 3 is 2.59 bits per heavy atom. The van der Waals surface area contributed by atoms with E-state index in [0.29, 0.717) is 19.7 Å². The number of nitrogens with one attached hydrogen (secondary N) is 1. The molecule has 1 fully saturated rings. The summed E-state index contributed by atoms with van der Waals surface area (Å²) in [5.74, 6) is 3.43. The lowest BCUT2D eigenvalue weighted by molar-refractivity contribution is -0.00841.